The molecule has 0 radical (unpaired) electrons. The first-order valence-corrected chi connectivity index (χ1v) is 8.99. The minimum atomic E-state index is -0.229. The Kier molecular flexibility index (Phi) is 7.40. The SMILES string of the molecule is COc1cccc(CNC(=O)N(CCCl)c2ccc(Br)c(OC)c2)c1. The summed E-state index contributed by atoms with van der Waals surface area (Å²) >= 11 is 9.28. The van der Waals surface area contributed by atoms with Gasteiger partial charge in [-0.05, 0) is 45.8 Å². The van der Waals surface area contributed by atoms with Crippen LogP contribution in [0.2, 0.25) is 0 Å². The Balaban J connectivity index is 2.12. The molecular formula is C18H20BrClN2O3. The van der Waals surface area contributed by atoms with Crippen molar-refractivity contribution in [2.24, 2.45) is 0 Å². The maximum atomic E-state index is 12.6. The number of nitrogens with zero attached hydrogens (tertiary/aromatic N) is 1. The zero-order chi connectivity index (χ0) is 18.2. The van der Waals surface area contributed by atoms with E-state index in [-0.39, 0.29) is 6.03 Å². The molecule has 2 aromatic carbocycles. The number of hydrogen-bond acceptors (Lipinski definition) is 3. The normalized spacial score (nSPS) is 10.2. The van der Waals surface area contributed by atoms with Gasteiger partial charge in [-0.1, -0.05) is 12.1 Å². The van der Waals surface area contributed by atoms with Crippen LogP contribution in [0.25, 0.3) is 0 Å². The molecule has 0 aliphatic heterocycles. The number of ether oxygens (including phenoxy) is 2. The van der Waals surface area contributed by atoms with Crippen LogP contribution in [0.4, 0.5) is 10.5 Å². The van der Waals surface area contributed by atoms with Crippen LogP contribution in [0, 0.1) is 0 Å². The van der Waals surface area contributed by atoms with Gasteiger partial charge in [0.1, 0.15) is 11.5 Å². The van der Waals surface area contributed by atoms with Crippen molar-refractivity contribution in [3.63, 3.8) is 0 Å². The fraction of sp³-hybridized carbons (Fsp3) is 0.278. The first-order chi connectivity index (χ1) is 12.1. The maximum absolute atomic E-state index is 12.6. The molecule has 134 valence electrons. The van der Waals surface area contributed by atoms with Crippen LogP contribution in [0.1, 0.15) is 5.56 Å². The van der Waals surface area contributed by atoms with Gasteiger partial charge < -0.3 is 14.8 Å². The topological polar surface area (TPSA) is 50.8 Å². The molecule has 2 amide bonds. The highest BCUT2D eigenvalue weighted by Gasteiger charge is 2.16. The van der Waals surface area contributed by atoms with E-state index in [0.717, 1.165) is 15.8 Å². The Bertz CT molecular complexity index is 727. The zero-order valence-corrected chi connectivity index (χ0v) is 16.4. The minimum absolute atomic E-state index is 0.229. The number of carbonyl (C=O) groups is 1. The smallest absolute Gasteiger partial charge is 0.322 e. The third kappa shape index (κ3) is 5.28. The van der Waals surface area contributed by atoms with Crippen molar-refractivity contribution in [1.29, 1.82) is 0 Å². The molecule has 0 aliphatic carbocycles. The third-order valence-electron chi connectivity index (χ3n) is 3.58. The average Bonchev–Trinajstić information content (AvgIpc) is 2.65. The molecule has 0 saturated carbocycles. The highest BCUT2D eigenvalue weighted by molar-refractivity contribution is 9.10. The van der Waals surface area contributed by atoms with Gasteiger partial charge in [0.05, 0.1) is 18.7 Å². The molecule has 0 aliphatic rings. The number of urea groups is 1. The molecule has 0 bridgehead atoms. The summed E-state index contributed by atoms with van der Waals surface area (Å²) in [6.07, 6.45) is 0. The maximum Gasteiger partial charge on any atom is 0.322 e. The molecule has 0 fully saturated rings. The van der Waals surface area contributed by atoms with E-state index in [1.54, 1.807) is 25.2 Å². The Hall–Kier alpha value is -1.92. The van der Waals surface area contributed by atoms with Crippen molar-refractivity contribution in [3.8, 4) is 11.5 Å². The lowest BCUT2D eigenvalue weighted by Gasteiger charge is -2.23. The molecule has 0 aromatic heterocycles. The van der Waals surface area contributed by atoms with Gasteiger partial charge in [-0.25, -0.2) is 4.79 Å². The first kappa shape index (κ1) is 19.4. The number of amides is 2. The molecule has 0 atom stereocenters. The summed E-state index contributed by atoms with van der Waals surface area (Å²) in [5.41, 5.74) is 1.66. The fourth-order valence-electron chi connectivity index (χ4n) is 2.30. The predicted molar refractivity (Wildman–Crippen MR) is 104 cm³/mol. The summed E-state index contributed by atoms with van der Waals surface area (Å²) in [6.45, 7) is 0.777. The molecule has 2 aromatic rings. The van der Waals surface area contributed by atoms with E-state index in [0.29, 0.717) is 30.4 Å². The molecule has 1 N–H and O–H groups in total. The van der Waals surface area contributed by atoms with Crippen molar-refractivity contribution < 1.29 is 14.3 Å². The second-order valence-electron chi connectivity index (χ2n) is 5.17. The highest BCUT2D eigenvalue weighted by atomic mass is 79.9. The molecule has 2 rings (SSSR count). The monoisotopic (exact) mass is 426 g/mol. The first-order valence-electron chi connectivity index (χ1n) is 7.67. The predicted octanol–water partition coefficient (Wildman–Crippen LogP) is 4.42. The van der Waals surface area contributed by atoms with Crippen molar-refractivity contribution in [2.45, 2.75) is 6.54 Å². The molecule has 0 spiro atoms. The Morgan fingerprint density at radius 3 is 2.68 bits per heavy atom. The Morgan fingerprint density at radius 2 is 2.00 bits per heavy atom. The van der Waals surface area contributed by atoms with Crippen molar-refractivity contribution in [2.75, 3.05) is 31.5 Å². The van der Waals surface area contributed by atoms with Crippen molar-refractivity contribution in [1.82, 2.24) is 5.32 Å². The number of carbonyl (C=O) groups excluding carboxylic acids is 1. The van der Waals surface area contributed by atoms with E-state index in [1.165, 1.54) is 0 Å². The van der Waals surface area contributed by atoms with Gasteiger partial charge in [-0.3, -0.25) is 4.90 Å². The third-order valence-corrected chi connectivity index (χ3v) is 4.40. The van der Waals surface area contributed by atoms with E-state index in [4.69, 9.17) is 21.1 Å². The van der Waals surface area contributed by atoms with Gasteiger partial charge in [0.15, 0.2) is 0 Å². The van der Waals surface area contributed by atoms with Gasteiger partial charge in [-0.2, -0.15) is 0 Å². The summed E-state index contributed by atoms with van der Waals surface area (Å²) < 4.78 is 11.3. The number of methoxy groups -OCH3 is 2. The lowest BCUT2D eigenvalue weighted by Crippen LogP contribution is -2.40. The number of anilines is 1. The number of halogens is 2. The van der Waals surface area contributed by atoms with Crippen LogP contribution < -0.4 is 19.7 Å². The Morgan fingerprint density at radius 1 is 1.20 bits per heavy atom. The van der Waals surface area contributed by atoms with Crippen molar-refractivity contribution in [3.05, 3.63) is 52.5 Å². The van der Waals surface area contributed by atoms with Crippen LogP contribution in [-0.2, 0) is 6.54 Å². The largest absolute Gasteiger partial charge is 0.497 e. The second kappa shape index (κ2) is 9.53. The highest BCUT2D eigenvalue weighted by Crippen LogP contribution is 2.29. The van der Waals surface area contributed by atoms with Gasteiger partial charge in [0.25, 0.3) is 0 Å². The fourth-order valence-corrected chi connectivity index (χ4v) is 2.88. The van der Waals surface area contributed by atoms with Gasteiger partial charge in [0, 0.05) is 30.7 Å². The number of alkyl halides is 1. The quantitative estimate of drug-likeness (QED) is 0.665. The molecule has 0 saturated heterocycles. The van der Waals surface area contributed by atoms with Crippen LogP contribution in [-0.4, -0.2) is 32.7 Å². The summed E-state index contributed by atoms with van der Waals surface area (Å²) in [5, 5.41) is 2.91. The van der Waals surface area contributed by atoms with Gasteiger partial charge >= 0.3 is 6.03 Å². The molecule has 7 heteroatoms. The number of nitrogens with one attached hydrogen (secondary N) is 1. The summed E-state index contributed by atoms with van der Waals surface area (Å²) in [5.74, 6) is 1.73. The molecule has 0 unspecified atom stereocenters. The number of rotatable bonds is 7. The van der Waals surface area contributed by atoms with Crippen LogP contribution >= 0.6 is 27.5 Å². The molecular weight excluding hydrogens is 408 g/mol. The van der Waals surface area contributed by atoms with Crippen LogP contribution in [0.15, 0.2) is 46.9 Å². The molecule has 0 heterocycles. The van der Waals surface area contributed by atoms with Crippen molar-refractivity contribution >= 4 is 39.2 Å². The van der Waals surface area contributed by atoms with E-state index >= 15 is 0 Å². The number of hydrogen-bond donors (Lipinski definition) is 1. The lowest BCUT2D eigenvalue weighted by atomic mass is 10.2. The summed E-state index contributed by atoms with van der Waals surface area (Å²) in [7, 11) is 3.19. The summed E-state index contributed by atoms with van der Waals surface area (Å²) in [6, 6.07) is 12.8. The van der Waals surface area contributed by atoms with Crippen LogP contribution in [0.3, 0.4) is 0 Å². The summed E-state index contributed by atoms with van der Waals surface area (Å²) in [4.78, 5) is 14.2. The number of benzene rings is 2. The van der Waals surface area contributed by atoms with Crippen LogP contribution in [0.5, 0.6) is 11.5 Å². The Labute approximate surface area is 161 Å². The van der Waals surface area contributed by atoms with Gasteiger partial charge in [0.2, 0.25) is 0 Å². The van der Waals surface area contributed by atoms with E-state index in [1.807, 2.05) is 36.4 Å². The average molecular weight is 428 g/mol. The minimum Gasteiger partial charge on any atom is -0.497 e. The molecule has 5 nitrogen and oxygen atoms in total. The van der Waals surface area contributed by atoms with E-state index in [2.05, 4.69) is 21.2 Å². The lowest BCUT2D eigenvalue weighted by molar-refractivity contribution is 0.246. The van der Waals surface area contributed by atoms with E-state index in [9.17, 15) is 4.79 Å². The van der Waals surface area contributed by atoms with Gasteiger partial charge in [-0.15, -0.1) is 11.6 Å². The van der Waals surface area contributed by atoms with E-state index < -0.39 is 0 Å². The second-order valence-corrected chi connectivity index (χ2v) is 6.40. The zero-order valence-electron chi connectivity index (χ0n) is 14.1. The standard InChI is InChI=1S/C18H20BrClN2O3/c1-24-15-5-3-4-13(10-15)12-21-18(23)22(9-8-20)14-6-7-16(19)17(11-14)25-2/h3-7,10-11H,8-9,12H2,1-2H3,(H,21,23). The molecule has 25 heavy (non-hydrogen) atoms.